The van der Waals surface area contributed by atoms with Gasteiger partial charge in [-0.3, -0.25) is 8.80 Å². The third-order valence-corrected chi connectivity index (χ3v) is 25.0. The minimum absolute atomic E-state index is 0.362. The van der Waals surface area contributed by atoms with Gasteiger partial charge in [-0.05, 0) is 122 Å². The molecule has 16 aromatic rings. The van der Waals surface area contributed by atoms with Crippen LogP contribution in [0.2, 0.25) is 0 Å². The van der Waals surface area contributed by atoms with Crippen LogP contribution in [0.25, 0.3) is 87.8 Å². The zero-order valence-corrected chi connectivity index (χ0v) is 54.5. The Balaban J connectivity index is 0.000000121. The van der Waals surface area contributed by atoms with Crippen LogP contribution in [0.15, 0.2) is 308 Å². The molecule has 0 saturated carbocycles. The number of benzene rings is 12. The molecule has 1 saturated heterocycles. The van der Waals surface area contributed by atoms with Crippen molar-refractivity contribution in [2.24, 2.45) is 0 Å². The van der Waals surface area contributed by atoms with Gasteiger partial charge in [0.25, 0.3) is 0 Å². The first kappa shape index (κ1) is 58.9. The van der Waals surface area contributed by atoms with E-state index in [-0.39, 0.29) is 18.3 Å². The van der Waals surface area contributed by atoms with Gasteiger partial charge in [-0.25, -0.2) is 9.97 Å². The summed E-state index contributed by atoms with van der Waals surface area (Å²) in [6.07, 6.45) is 0. The van der Waals surface area contributed by atoms with E-state index in [2.05, 4.69) is 186 Å². The largest absolute Gasteiger partial charge is 0.494 e. The number of aromatic nitrogens is 4. The molecule has 0 N–H and O–H groups in total. The quantitative estimate of drug-likeness (QED) is 0.0856. The number of para-hydroxylation sites is 4. The summed E-state index contributed by atoms with van der Waals surface area (Å²) in [5.41, 5.74) is 11.0. The number of nitrogens with zero attached hydrogens (tertiary/aromatic N) is 4. The lowest BCUT2D eigenvalue weighted by Gasteiger charge is -2.32. The third kappa shape index (κ3) is 10.2. The van der Waals surface area contributed by atoms with Crippen LogP contribution in [-0.4, -0.2) is 37.1 Å². The maximum absolute atomic E-state index is 14.8. The van der Waals surface area contributed by atoms with E-state index >= 15 is 0 Å². The summed E-state index contributed by atoms with van der Waals surface area (Å²) in [6, 6.07) is 102. The van der Waals surface area contributed by atoms with Gasteiger partial charge in [0.05, 0.1) is 44.3 Å². The first-order valence-corrected chi connectivity index (χ1v) is 35.1. The van der Waals surface area contributed by atoms with Crippen molar-refractivity contribution >= 4 is 151 Å². The van der Waals surface area contributed by atoms with Gasteiger partial charge in [0.15, 0.2) is 14.3 Å². The summed E-state index contributed by atoms with van der Waals surface area (Å²) < 4.78 is 46.8. The van der Waals surface area contributed by atoms with Crippen LogP contribution in [0.3, 0.4) is 0 Å². The molecule has 1 aliphatic rings. The highest BCUT2D eigenvalue weighted by molar-refractivity contribution is 9.10. The minimum Gasteiger partial charge on any atom is -0.399 e. The van der Waals surface area contributed by atoms with Crippen LogP contribution in [0.4, 0.5) is 0 Å². The van der Waals surface area contributed by atoms with E-state index in [9.17, 15) is 9.13 Å². The molecular formula is C80H62BBrN4O4P2. The fraction of sp³-hybridized carbons (Fsp3) is 0.0750. The summed E-state index contributed by atoms with van der Waals surface area (Å²) >= 11 is 3.43. The second kappa shape index (κ2) is 23.6. The molecule has 4 aromatic heterocycles. The van der Waals surface area contributed by atoms with Gasteiger partial charge < -0.3 is 18.4 Å². The Morgan fingerprint density at radius 3 is 1.11 bits per heavy atom. The van der Waals surface area contributed by atoms with E-state index in [0.29, 0.717) is 0 Å². The Morgan fingerprint density at radius 2 is 0.674 bits per heavy atom. The van der Waals surface area contributed by atoms with E-state index in [1.807, 2.05) is 170 Å². The third-order valence-electron chi connectivity index (χ3n) is 18.3. The van der Waals surface area contributed by atoms with Crippen molar-refractivity contribution in [2.45, 2.75) is 38.9 Å². The lowest BCUT2D eigenvalue weighted by Crippen LogP contribution is -2.41. The van der Waals surface area contributed by atoms with E-state index in [1.165, 1.54) is 21.5 Å². The molecule has 5 heterocycles. The summed E-state index contributed by atoms with van der Waals surface area (Å²) in [4.78, 5) is 9.94. The van der Waals surface area contributed by atoms with Crippen LogP contribution in [-0.2, 0) is 18.4 Å². The molecule has 0 unspecified atom stereocenters. The number of imidazole rings is 2. The van der Waals surface area contributed by atoms with E-state index in [4.69, 9.17) is 19.3 Å². The summed E-state index contributed by atoms with van der Waals surface area (Å²) in [5.74, 6) is 0. The maximum Gasteiger partial charge on any atom is 0.494 e. The normalized spacial score (nSPS) is 13.9. The van der Waals surface area contributed by atoms with Crippen LogP contribution >= 0.6 is 30.2 Å². The van der Waals surface area contributed by atoms with Crippen LogP contribution < -0.4 is 37.3 Å². The first-order chi connectivity index (χ1) is 44.8. The molecule has 12 heteroatoms. The lowest BCUT2D eigenvalue weighted by atomic mass is 9.78. The second-order valence-corrected chi connectivity index (χ2v) is 30.7. The molecule has 92 heavy (non-hydrogen) atoms. The van der Waals surface area contributed by atoms with Crippen molar-refractivity contribution in [3.8, 4) is 11.1 Å². The maximum atomic E-state index is 14.8. The predicted molar refractivity (Wildman–Crippen MR) is 389 cm³/mol. The number of halogens is 1. The molecule has 12 aromatic carbocycles. The SMILES string of the molecule is CC1(C)OB(c2ccc3c(c2)c2ccccc2c2nc4ccccc4n32)OC1(C)C.O=P(c1ccccc1)(c1ccccc1)c1ccc(-c2ccc3c(c2)c2ccccc2c2nc4ccccc4n32)cc1.O=P(c1ccccc1)(c1ccccc1)c1ccc(Br)cc1. The van der Waals surface area contributed by atoms with Crippen molar-refractivity contribution in [2.75, 3.05) is 0 Å². The molecule has 0 aliphatic carbocycles. The van der Waals surface area contributed by atoms with Gasteiger partial charge in [0.2, 0.25) is 0 Å². The summed E-state index contributed by atoms with van der Waals surface area (Å²) in [5, 5.41) is 12.1. The molecule has 1 aliphatic heterocycles. The molecule has 8 nitrogen and oxygen atoms in total. The van der Waals surface area contributed by atoms with Crippen molar-refractivity contribution in [3.05, 3.63) is 308 Å². The van der Waals surface area contributed by atoms with Crippen molar-refractivity contribution < 1.29 is 18.4 Å². The fourth-order valence-corrected chi connectivity index (χ4v) is 18.5. The topological polar surface area (TPSA) is 87.2 Å². The lowest BCUT2D eigenvalue weighted by molar-refractivity contribution is 0.00578. The molecule has 1 fully saturated rings. The molecule has 0 atom stereocenters. The predicted octanol–water partition coefficient (Wildman–Crippen LogP) is 17.3. The first-order valence-electron chi connectivity index (χ1n) is 30.9. The highest BCUT2D eigenvalue weighted by Gasteiger charge is 2.51. The highest BCUT2D eigenvalue weighted by Crippen LogP contribution is 2.45. The molecule has 0 amide bonds. The van der Waals surface area contributed by atoms with Crippen LogP contribution in [0.1, 0.15) is 27.7 Å². The fourth-order valence-electron chi connectivity index (χ4n) is 12.9. The Morgan fingerprint density at radius 1 is 0.337 bits per heavy atom. The standard InChI is InChI=1S/C37H25N2OP.C25H23BN2O2.C18H14BrOP/c40-41(28-11-3-1-4-12-28,29-13-5-2-6-14-29)30-22-19-26(20-23-30)27-21-24-35-33(25-27)31-15-7-8-16-32(31)37-38-34-17-9-10-18-36(34)39(35)37;1-24(2)25(3,4)30-26(29-24)16-13-14-21-19(15-16)17-9-5-6-10-18(17)23-27-20-11-7-8-12-22(20)28(21)23;19-15-11-13-18(14-12-15)21(20,16-7-3-1-4-8-16)17-9-5-2-6-10-17/h1-25H;5-15H,1-4H3;1-14H. The number of rotatable bonds is 8. The molecule has 0 bridgehead atoms. The van der Waals surface area contributed by atoms with Gasteiger partial charge in [-0.1, -0.05) is 253 Å². The second-order valence-electron chi connectivity index (χ2n) is 24.3. The number of pyridine rings is 2. The van der Waals surface area contributed by atoms with E-state index in [1.54, 1.807) is 0 Å². The minimum atomic E-state index is -3.01. The Labute approximate surface area is 542 Å². The Hall–Kier alpha value is -9.50. The Bertz CT molecular complexity index is 5450. The number of hydrogen-bond acceptors (Lipinski definition) is 6. The molecule has 17 rings (SSSR count). The van der Waals surface area contributed by atoms with Gasteiger partial charge in [-0.2, -0.15) is 0 Å². The number of fused-ring (bicyclic) bond motifs is 16. The van der Waals surface area contributed by atoms with Crippen molar-refractivity contribution in [1.29, 1.82) is 0 Å². The van der Waals surface area contributed by atoms with E-state index < -0.39 is 14.3 Å². The summed E-state index contributed by atoms with van der Waals surface area (Å²) in [7, 11) is -6.21. The molecular weight excluding hydrogens is 1230 g/mol. The summed E-state index contributed by atoms with van der Waals surface area (Å²) in [6.45, 7) is 8.35. The van der Waals surface area contributed by atoms with Gasteiger partial charge in [0, 0.05) is 57.8 Å². The van der Waals surface area contributed by atoms with Crippen LogP contribution in [0, 0.1) is 0 Å². The average molecular weight is 1300 g/mol. The van der Waals surface area contributed by atoms with Crippen molar-refractivity contribution in [1.82, 2.24) is 18.8 Å². The highest BCUT2D eigenvalue weighted by atomic mass is 79.9. The van der Waals surface area contributed by atoms with Gasteiger partial charge in [-0.15, -0.1) is 0 Å². The molecule has 0 spiro atoms. The monoisotopic (exact) mass is 1290 g/mol. The molecule has 446 valence electrons. The average Bonchev–Trinajstić information content (AvgIpc) is 1.49. The van der Waals surface area contributed by atoms with Crippen LogP contribution in [0.5, 0.6) is 0 Å². The molecule has 0 radical (unpaired) electrons. The Kier molecular flexibility index (Phi) is 15.1. The smallest absolute Gasteiger partial charge is 0.399 e. The zero-order chi connectivity index (χ0) is 62.8. The van der Waals surface area contributed by atoms with Gasteiger partial charge in [0.1, 0.15) is 11.3 Å². The van der Waals surface area contributed by atoms with E-state index in [0.717, 1.165) is 108 Å². The van der Waals surface area contributed by atoms with Crippen molar-refractivity contribution in [3.63, 3.8) is 0 Å². The number of hydrogen-bond donors (Lipinski definition) is 0. The zero-order valence-electron chi connectivity index (χ0n) is 51.1. The van der Waals surface area contributed by atoms with Gasteiger partial charge >= 0.3 is 7.12 Å².